The molecule has 1 aromatic heterocycles. The lowest BCUT2D eigenvalue weighted by molar-refractivity contribution is -0.137. The van der Waals surface area contributed by atoms with E-state index in [4.69, 9.17) is 5.73 Å². The van der Waals surface area contributed by atoms with Crippen LogP contribution in [0, 0.1) is 5.92 Å². The molecule has 3 unspecified atom stereocenters. The first-order chi connectivity index (χ1) is 12.5. The van der Waals surface area contributed by atoms with Crippen LogP contribution >= 0.6 is 0 Å². The smallest absolute Gasteiger partial charge is 0.240 e. The number of amides is 2. The highest BCUT2D eigenvalue weighted by molar-refractivity contribution is 5.98. The van der Waals surface area contributed by atoms with Crippen molar-refractivity contribution >= 4 is 17.6 Å². The summed E-state index contributed by atoms with van der Waals surface area (Å²) in [6.45, 7) is 0.574. The standard InChI is InChI=1S/C19H24N4O3/c20-14(8-12-3-4-12)19(26)22-7-5-15-18(22)16(24)11-23(15)17(25)9-13-2-1-6-21-10-13/h1-2,6,10,12,14-15,18H,3-5,7-9,11,20H2. The minimum Gasteiger partial charge on any atom is -0.329 e. The van der Waals surface area contributed by atoms with Gasteiger partial charge in [0.05, 0.1) is 25.0 Å². The van der Waals surface area contributed by atoms with E-state index < -0.39 is 12.1 Å². The first-order valence-corrected chi connectivity index (χ1v) is 9.31. The lowest BCUT2D eigenvalue weighted by Crippen LogP contribution is -2.50. The molecule has 0 radical (unpaired) electrons. The molecule has 4 rings (SSSR count). The van der Waals surface area contributed by atoms with E-state index in [1.165, 1.54) is 0 Å². The van der Waals surface area contributed by atoms with Crippen LogP contribution in [0.3, 0.4) is 0 Å². The van der Waals surface area contributed by atoms with Crippen molar-refractivity contribution in [2.75, 3.05) is 13.1 Å². The second-order valence-corrected chi connectivity index (χ2v) is 7.64. The predicted molar refractivity (Wildman–Crippen MR) is 93.9 cm³/mol. The highest BCUT2D eigenvalue weighted by Gasteiger charge is 2.51. The molecular formula is C19H24N4O3. The molecule has 7 heteroatoms. The number of ketones is 1. The third kappa shape index (κ3) is 3.23. The number of hydrogen-bond donors (Lipinski definition) is 1. The Morgan fingerprint density at radius 2 is 2.08 bits per heavy atom. The van der Waals surface area contributed by atoms with Gasteiger partial charge in [-0.1, -0.05) is 18.9 Å². The molecule has 0 aromatic carbocycles. The summed E-state index contributed by atoms with van der Waals surface area (Å²) in [5, 5.41) is 0. The molecule has 3 heterocycles. The minimum atomic E-state index is -0.533. The first-order valence-electron chi connectivity index (χ1n) is 9.31. The molecule has 1 aromatic rings. The Kier molecular flexibility index (Phi) is 4.48. The van der Waals surface area contributed by atoms with E-state index in [2.05, 4.69) is 4.98 Å². The van der Waals surface area contributed by atoms with Gasteiger partial charge in [-0.15, -0.1) is 0 Å². The summed E-state index contributed by atoms with van der Waals surface area (Å²) in [6, 6.07) is 2.36. The first kappa shape index (κ1) is 17.1. The molecular weight excluding hydrogens is 332 g/mol. The summed E-state index contributed by atoms with van der Waals surface area (Å²) in [7, 11) is 0. The average molecular weight is 356 g/mol. The van der Waals surface area contributed by atoms with Crippen molar-refractivity contribution < 1.29 is 14.4 Å². The van der Waals surface area contributed by atoms with E-state index in [-0.39, 0.29) is 36.6 Å². The third-order valence-corrected chi connectivity index (χ3v) is 5.71. The van der Waals surface area contributed by atoms with Gasteiger partial charge in [0.1, 0.15) is 6.04 Å². The average Bonchev–Trinajstić information content (AvgIpc) is 3.23. The van der Waals surface area contributed by atoms with Crippen LogP contribution in [0.25, 0.3) is 0 Å². The molecule has 3 aliphatic rings. The van der Waals surface area contributed by atoms with E-state index >= 15 is 0 Å². The van der Waals surface area contributed by atoms with Crippen LogP contribution in [0.2, 0.25) is 0 Å². The molecule has 1 aliphatic carbocycles. The molecule has 2 aliphatic heterocycles. The van der Waals surface area contributed by atoms with Gasteiger partial charge >= 0.3 is 0 Å². The topological polar surface area (TPSA) is 96.6 Å². The molecule has 3 fully saturated rings. The Morgan fingerprint density at radius 3 is 2.77 bits per heavy atom. The van der Waals surface area contributed by atoms with Crippen LogP contribution in [0.5, 0.6) is 0 Å². The van der Waals surface area contributed by atoms with Gasteiger partial charge in [0.15, 0.2) is 5.78 Å². The summed E-state index contributed by atoms with van der Waals surface area (Å²) in [5.41, 5.74) is 6.90. The maximum Gasteiger partial charge on any atom is 0.240 e. The van der Waals surface area contributed by atoms with Gasteiger partial charge in [-0.05, 0) is 30.4 Å². The second-order valence-electron chi connectivity index (χ2n) is 7.64. The number of carbonyl (C=O) groups is 3. The van der Waals surface area contributed by atoms with E-state index in [1.807, 2.05) is 6.07 Å². The zero-order chi connectivity index (χ0) is 18.3. The Labute approximate surface area is 152 Å². The number of fused-ring (bicyclic) bond motifs is 1. The Morgan fingerprint density at radius 1 is 1.27 bits per heavy atom. The fraction of sp³-hybridized carbons (Fsp3) is 0.579. The summed E-state index contributed by atoms with van der Waals surface area (Å²) >= 11 is 0. The maximum atomic E-state index is 12.7. The van der Waals surface area contributed by atoms with E-state index in [0.717, 1.165) is 18.4 Å². The van der Waals surface area contributed by atoms with Crippen LogP contribution in [0.1, 0.15) is 31.2 Å². The molecule has 7 nitrogen and oxygen atoms in total. The largest absolute Gasteiger partial charge is 0.329 e. The van der Waals surface area contributed by atoms with Crippen molar-refractivity contribution in [3.8, 4) is 0 Å². The Balaban J connectivity index is 1.43. The number of rotatable bonds is 5. The number of carbonyl (C=O) groups excluding carboxylic acids is 3. The van der Waals surface area contributed by atoms with Crippen molar-refractivity contribution in [2.24, 2.45) is 11.7 Å². The minimum absolute atomic E-state index is 0.0565. The van der Waals surface area contributed by atoms with Gasteiger partial charge in [-0.25, -0.2) is 0 Å². The molecule has 138 valence electrons. The SMILES string of the molecule is NC(CC1CC1)C(=O)N1CCC2C1C(=O)CN2C(=O)Cc1cccnc1. The fourth-order valence-electron chi connectivity index (χ4n) is 4.20. The number of pyridine rings is 1. The second kappa shape index (κ2) is 6.79. The maximum absolute atomic E-state index is 12.7. The van der Waals surface area contributed by atoms with Gasteiger partial charge in [-0.3, -0.25) is 19.4 Å². The van der Waals surface area contributed by atoms with Crippen molar-refractivity contribution in [1.29, 1.82) is 0 Å². The summed E-state index contributed by atoms with van der Waals surface area (Å²) in [6.07, 6.45) is 7.16. The monoisotopic (exact) mass is 356 g/mol. The van der Waals surface area contributed by atoms with Crippen LogP contribution in [0.4, 0.5) is 0 Å². The van der Waals surface area contributed by atoms with E-state index in [9.17, 15) is 14.4 Å². The van der Waals surface area contributed by atoms with Crippen molar-refractivity contribution in [1.82, 2.24) is 14.8 Å². The number of nitrogens with two attached hydrogens (primary N) is 1. The number of hydrogen-bond acceptors (Lipinski definition) is 5. The molecule has 2 N–H and O–H groups in total. The van der Waals surface area contributed by atoms with Gasteiger partial charge in [0.2, 0.25) is 11.8 Å². The normalized spacial score (nSPS) is 26.1. The molecule has 26 heavy (non-hydrogen) atoms. The molecule has 2 saturated heterocycles. The highest BCUT2D eigenvalue weighted by atomic mass is 16.2. The van der Waals surface area contributed by atoms with Crippen LogP contribution in [0.15, 0.2) is 24.5 Å². The van der Waals surface area contributed by atoms with Gasteiger partial charge < -0.3 is 15.5 Å². The Hall–Kier alpha value is -2.28. The molecule has 0 bridgehead atoms. The van der Waals surface area contributed by atoms with Crippen LogP contribution in [-0.2, 0) is 20.8 Å². The Bertz CT molecular complexity index is 719. The van der Waals surface area contributed by atoms with Gasteiger partial charge in [0.25, 0.3) is 0 Å². The summed E-state index contributed by atoms with van der Waals surface area (Å²) in [4.78, 5) is 45.2. The van der Waals surface area contributed by atoms with E-state index in [0.29, 0.717) is 25.3 Å². The third-order valence-electron chi connectivity index (χ3n) is 5.71. The lowest BCUT2D eigenvalue weighted by atomic mass is 10.1. The quantitative estimate of drug-likeness (QED) is 0.809. The molecule has 2 amide bonds. The number of Topliss-reactive ketones (excluding diaryl/α,β-unsaturated/α-hetero) is 1. The lowest BCUT2D eigenvalue weighted by Gasteiger charge is -2.26. The summed E-state index contributed by atoms with van der Waals surface area (Å²) < 4.78 is 0. The zero-order valence-corrected chi connectivity index (χ0v) is 14.7. The predicted octanol–water partition coefficient (Wildman–Crippen LogP) is 0.132. The number of aromatic nitrogens is 1. The van der Waals surface area contributed by atoms with Gasteiger partial charge in [-0.2, -0.15) is 0 Å². The zero-order valence-electron chi connectivity index (χ0n) is 14.7. The van der Waals surface area contributed by atoms with E-state index in [1.54, 1.807) is 28.3 Å². The molecule has 3 atom stereocenters. The van der Waals surface area contributed by atoms with Crippen molar-refractivity contribution in [3.63, 3.8) is 0 Å². The highest BCUT2D eigenvalue weighted by Crippen LogP contribution is 2.35. The number of likely N-dealkylation sites (tertiary alicyclic amines) is 2. The van der Waals surface area contributed by atoms with Crippen LogP contribution < -0.4 is 5.73 Å². The molecule has 1 saturated carbocycles. The van der Waals surface area contributed by atoms with Crippen molar-refractivity contribution in [2.45, 2.75) is 50.2 Å². The fourth-order valence-corrected chi connectivity index (χ4v) is 4.20. The van der Waals surface area contributed by atoms with Crippen molar-refractivity contribution in [3.05, 3.63) is 30.1 Å². The summed E-state index contributed by atoms with van der Waals surface area (Å²) in [5.74, 6) is 0.276. The van der Waals surface area contributed by atoms with Gasteiger partial charge in [0, 0.05) is 18.9 Å². The van der Waals surface area contributed by atoms with Crippen LogP contribution in [-0.4, -0.2) is 63.6 Å². The molecule has 0 spiro atoms. The number of nitrogens with zero attached hydrogens (tertiary/aromatic N) is 3.